The average Bonchev–Trinajstić information content (AvgIpc) is 3.57. The van der Waals surface area contributed by atoms with Crippen molar-refractivity contribution < 1.29 is 0 Å². The Morgan fingerprint density at radius 2 is 0.755 bits per heavy atom. The normalized spacial score (nSPS) is 11.3. The van der Waals surface area contributed by atoms with Gasteiger partial charge in [0.2, 0.25) is 0 Å². The first-order valence-electron chi connectivity index (χ1n) is 16.4. The minimum Gasteiger partial charge on any atom is -0.208 e. The first kappa shape index (κ1) is 29.0. The van der Waals surface area contributed by atoms with Gasteiger partial charge in [-0.3, -0.25) is 0 Å². The van der Waals surface area contributed by atoms with Crippen LogP contribution in [0.5, 0.6) is 0 Å². The van der Waals surface area contributed by atoms with Gasteiger partial charge in [0.15, 0.2) is 17.5 Å². The number of aromatic nitrogens is 3. The van der Waals surface area contributed by atoms with Gasteiger partial charge in [-0.1, -0.05) is 158 Å². The van der Waals surface area contributed by atoms with E-state index in [4.69, 9.17) is 15.0 Å². The van der Waals surface area contributed by atoms with Crippen molar-refractivity contribution in [2.45, 2.75) is 0 Å². The largest absolute Gasteiger partial charge is 0.208 e. The Morgan fingerprint density at radius 1 is 0.306 bits per heavy atom. The monoisotopic (exact) mass is 643 g/mol. The van der Waals surface area contributed by atoms with Crippen LogP contribution in [0, 0.1) is 0 Å². The summed E-state index contributed by atoms with van der Waals surface area (Å²) in [5.41, 5.74) is 10.1. The van der Waals surface area contributed by atoms with Gasteiger partial charge in [0.25, 0.3) is 0 Å². The molecule has 0 unspecified atom stereocenters. The van der Waals surface area contributed by atoms with Crippen molar-refractivity contribution in [2.75, 3.05) is 0 Å². The zero-order valence-corrected chi connectivity index (χ0v) is 27.3. The highest BCUT2D eigenvalue weighted by Crippen LogP contribution is 2.41. The predicted molar refractivity (Wildman–Crippen MR) is 205 cm³/mol. The van der Waals surface area contributed by atoms with Crippen LogP contribution in [0.25, 0.3) is 87.7 Å². The Morgan fingerprint density at radius 3 is 1.39 bits per heavy atom. The van der Waals surface area contributed by atoms with Gasteiger partial charge >= 0.3 is 0 Å². The number of benzene rings is 7. The van der Waals surface area contributed by atoms with Crippen LogP contribution in [0.2, 0.25) is 0 Å². The summed E-state index contributed by atoms with van der Waals surface area (Å²) in [5.74, 6) is 1.98. The quantitative estimate of drug-likeness (QED) is 0.181. The van der Waals surface area contributed by atoms with E-state index in [0.29, 0.717) is 17.5 Å². The van der Waals surface area contributed by atoms with E-state index in [0.717, 1.165) is 22.3 Å². The van der Waals surface area contributed by atoms with Gasteiger partial charge in [0.05, 0.1) is 0 Å². The Kier molecular flexibility index (Phi) is 7.34. The molecule has 0 bridgehead atoms. The van der Waals surface area contributed by atoms with E-state index in [1.54, 1.807) is 11.3 Å². The number of fused-ring (bicyclic) bond motifs is 3. The fourth-order valence-corrected chi connectivity index (χ4v) is 7.70. The zero-order valence-electron chi connectivity index (χ0n) is 26.5. The van der Waals surface area contributed by atoms with Crippen LogP contribution in [0.4, 0.5) is 0 Å². The molecule has 49 heavy (non-hydrogen) atoms. The minimum absolute atomic E-state index is 0.651. The van der Waals surface area contributed by atoms with E-state index < -0.39 is 0 Å². The molecule has 0 saturated carbocycles. The summed E-state index contributed by atoms with van der Waals surface area (Å²) in [5, 5.41) is 2.45. The molecule has 0 fully saturated rings. The number of rotatable bonds is 6. The second-order valence-corrected chi connectivity index (χ2v) is 13.1. The van der Waals surface area contributed by atoms with Crippen molar-refractivity contribution in [1.29, 1.82) is 0 Å². The lowest BCUT2D eigenvalue weighted by molar-refractivity contribution is 1.08. The molecule has 0 N–H and O–H groups in total. The lowest BCUT2D eigenvalue weighted by Gasteiger charge is -2.10. The fourth-order valence-electron chi connectivity index (χ4n) is 6.45. The molecule has 0 saturated heterocycles. The van der Waals surface area contributed by atoms with Crippen molar-refractivity contribution in [3.8, 4) is 67.5 Å². The highest BCUT2D eigenvalue weighted by atomic mass is 32.1. The third-order valence-electron chi connectivity index (χ3n) is 8.96. The minimum atomic E-state index is 0.651. The molecule has 230 valence electrons. The molecule has 0 atom stereocenters. The smallest absolute Gasteiger partial charge is 0.165 e. The van der Waals surface area contributed by atoms with E-state index in [2.05, 4.69) is 152 Å². The Hall–Kier alpha value is -6.23. The maximum Gasteiger partial charge on any atom is 0.165 e. The van der Waals surface area contributed by atoms with Crippen LogP contribution >= 0.6 is 11.3 Å². The molecular weight excluding hydrogens is 615 g/mol. The predicted octanol–water partition coefficient (Wildman–Crippen LogP) is 12.2. The van der Waals surface area contributed by atoms with Crippen molar-refractivity contribution in [2.24, 2.45) is 0 Å². The van der Waals surface area contributed by atoms with Crippen LogP contribution < -0.4 is 0 Å². The van der Waals surface area contributed by atoms with E-state index in [1.807, 2.05) is 24.3 Å². The third kappa shape index (κ3) is 5.58. The maximum atomic E-state index is 5.13. The van der Waals surface area contributed by atoms with Crippen LogP contribution in [0.3, 0.4) is 0 Å². The summed E-state index contributed by atoms with van der Waals surface area (Å²) in [6, 6.07) is 61.6. The van der Waals surface area contributed by atoms with Gasteiger partial charge in [-0.05, 0) is 51.6 Å². The van der Waals surface area contributed by atoms with Crippen LogP contribution in [-0.4, -0.2) is 15.0 Å². The van der Waals surface area contributed by atoms with Gasteiger partial charge in [0.1, 0.15) is 0 Å². The van der Waals surface area contributed by atoms with Crippen molar-refractivity contribution in [3.05, 3.63) is 176 Å². The number of hydrogen-bond acceptors (Lipinski definition) is 4. The van der Waals surface area contributed by atoms with Gasteiger partial charge < -0.3 is 0 Å². The number of thiophene rings is 1. The number of hydrogen-bond donors (Lipinski definition) is 0. The van der Waals surface area contributed by atoms with Crippen molar-refractivity contribution in [3.63, 3.8) is 0 Å². The molecule has 9 aromatic rings. The fraction of sp³-hybridized carbons (Fsp3) is 0. The van der Waals surface area contributed by atoms with Crippen molar-refractivity contribution >= 4 is 31.5 Å². The molecule has 0 spiro atoms. The highest BCUT2D eigenvalue weighted by molar-refractivity contribution is 7.26. The first-order valence-corrected chi connectivity index (χ1v) is 17.2. The molecule has 0 amide bonds. The second-order valence-electron chi connectivity index (χ2n) is 12.1. The molecule has 4 heteroatoms. The topological polar surface area (TPSA) is 38.7 Å². The molecule has 2 aromatic heterocycles. The lowest BCUT2D eigenvalue weighted by atomic mass is 9.98. The highest BCUT2D eigenvalue weighted by Gasteiger charge is 2.17. The summed E-state index contributed by atoms with van der Waals surface area (Å²) in [7, 11) is 0. The van der Waals surface area contributed by atoms with Crippen LogP contribution in [0.1, 0.15) is 0 Å². The zero-order chi connectivity index (χ0) is 32.6. The van der Waals surface area contributed by atoms with E-state index in [9.17, 15) is 0 Å². The summed E-state index contributed by atoms with van der Waals surface area (Å²) in [4.78, 5) is 15.2. The molecule has 7 aromatic carbocycles. The first-order chi connectivity index (χ1) is 24.3. The molecule has 0 aliphatic heterocycles. The SMILES string of the molecule is c1ccc(-c2cccc(-c3ccc(-c4nc(-c5ccccc5)nc(-c5cccc6c5sc5cc(-c7ccccc7)ccc56)n4)cc3)c2)cc1. The average molecular weight is 644 g/mol. The number of nitrogens with zero attached hydrogens (tertiary/aromatic N) is 3. The van der Waals surface area contributed by atoms with Crippen LogP contribution in [-0.2, 0) is 0 Å². The van der Waals surface area contributed by atoms with Gasteiger partial charge in [-0.2, -0.15) is 0 Å². The summed E-state index contributed by atoms with van der Waals surface area (Å²) in [6.45, 7) is 0. The summed E-state index contributed by atoms with van der Waals surface area (Å²) >= 11 is 1.79. The van der Waals surface area contributed by atoms with E-state index in [1.165, 1.54) is 48.0 Å². The third-order valence-corrected chi connectivity index (χ3v) is 10.2. The Balaban J connectivity index is 1.14. The molecule has 2 heterocycles. The van der Waals surface area contributed by atoms with E-state index in [-0.39, 0.29) is 0 Å². The van der Waals surface area contributed by atoms with Crippen LogP contribution in [0.15, 0.2) is 176 Å². The van der Waals surface area contributed by atoms with Gasteiger partial charge in [0, 0.05) is 36.9 Å². The molecule has 3 nitrogen and oxygen atoms in total. The summed E-state index contributed by atoms with van der Waals surface area (Å²) in [6.07, 6.45) is 0. The standard InChI is InChI=1S/C45H29N3S/c1-4-12-30(13-5-1)35-18-10-19-36(28-35)32-22-24-34(25-23-32)44-46-43(33-16-8-3-9-17-33)47-45(48-44)40-21-11-20-39-38-27-26-37(29-41(38)49-42(39)40)31-14-6-2-7-15-31/h1-29H. The molecule has 9 rings (SSSR count). The summed E-state index contributed by atoms with van der Waals surface area (Å²) < 4.78 is 2.42. The molecule has 0 radical (unpaired) electrons. The van der Waals surface area contributed by atoms with Gasteiger partial charge in [-0.15, -0.1) is 11.3 Å². The Bertz CT molecular complexity index is 2580. The molecule has 0 aliphatic rings. The maximum absolute atomic E-state index is 5.13. The second kappa shape index (κ2) is 12.4. The lowest BCUT2D eigenvalue weighted by Crippen LogP contribution is -2.00. The Labute approximate surface area is 288 Å². The molecular formula is C45H29N3S. The molecule has 0 aliphatic carbocycles. The van der Waals surface area contributed by atoms with Gasteiger partial charge in [-0.25, -0.2) is 15.0 Å². The van der Waals surface area contributed by atoms with Crippen molar-refractivity contribution in [1.82, 2.24) is 15.0 Å². The van der Waals surface area contributed by atoms with E-state index >= 15 is 0 Å².